The number of hydrogen-bond donors (Lipinski definition) is 0. The third-order valence-corrected chi connectivity index (χ3v) is 3.49. The average molecular weight is 278 g/mol. The zero-order chi connectivity index (χ0) is 14.4. The molecule has 2 atom stereocenters. The molecule has 2 rings (SSSR count). The molecule has 0 amide bonds. The highest BCUT2D eigenvalue weighted by atomic mass is 16.7. The highest BCUT2D eigenvalue weighted by molar-refractivity contribution is 5.82. The lowest BCUT2D eigenvalue weighted by Crippen LogP contribution is -2.26. The van der Waals surface area contributed by atoms with Gasteiger partial charge in [-0.15, -0.1) is 0 Å². The Hall–Kier alpha value is -1.39. The molecule has 0 radical (unpaired) electrons. The predicted molar refractivity (Wildman–Crippen MR) is 75.2 cm³/mol. The summed E-state index contributed by atoms with van der Waals surface area (Å²) >= 11 is 0. The molecule has 0 spiro atoms. The molecule has 20 heavy (non-hydrogen) atoms. The molecule has 1 saturated heterocycles. The summed E-state index contributed by atoms with van der Waals surface area (Å²) in [5.74, 6) is -0.254. The van der Waals surface area contributed by atoms with E-state index in [0.29, 0.717) is 19.8 Å². The summed E-state index contributed by atoms with van der Waals surface area (Å²) in [4.78, 5) is 11.6. The summed E-state index contributed by atoms with van der Waals surface area (Å²) in [6.07, 6.45) is 1.68. The molecule has 4 nitrogen and oxygen atoms in total. The summed E-state index contributed by atoms with van der Waals surface area (Å²) in [6.45, 7) is 5.29. The van der Waals surface area contributed by atoms with Gasteiger partial charge in [-0.2, -0.15) is 0 Å². The van der Waals surface area contributed by atoms with Crippen LogP contribution in [0.15, 0.2) is 30.3 Å². The Labute approximate surface area is 120 Å². The van der Waals surface area contributed by atoms with Crippen molar-refractivity contribution in [2.75, 3.05) is 13.2 Å². The summed E-state index contributed by atoms with van der Waals surface area (Å²) in [5.41, 5.74) is 0.446. The fourth-order valence-electron chi connectivity index (χ4n) is 2.18. The van der Waals surface area contributed by atoms with Gasteiger partial charge in [-0.1, -0.05) is 30.3 Å². The third-order valence-electron chi connectivity index (χ3n) is 3.49. The van der Waals surface area contributed by atoms with Crippen LogP contribution in [0.2, 0.25) is 0 Å². The van der Waals surface area contributed by atoms with E-state index in [1.165, 1.54) is 5.56 Å². The topological polar surface area (TPSA) is 48.1 Å². The quantitative estimate of drug-likeness (QED) is 0.417. The van der Waals surface area contributed by atoms with E-state index in [1.807, 2.05) is 30.3 Å². The maximum absolute atomic E-state index is 11.6. The number of carbonyl (C=O) groups is 1. The van der Waals surface area contributed by atoms with Crippen molar-refractivity contribution in [2.45, 2.75) is 45.0 Å². The fourth-order valence-corrected chi connectivity index (χ4v) is 2.18. The second-order valence-corrected chi connectivity index (χ2v) is 5.11. The summed E-state index contributed by atoms with van der Waals surface area (Å²) in [5, 5.41) is 0. The van der Waals surface area contributed by atoms with E-state index in [9.17, 15) is 4.79 Å². The average Bonchev–Trinajstić information content (AvgIpc) is 3.12. The Balaban J connectivity index is 1.58. The van der Waals surface area contributed by atoms with Gasteiger partial charge in [-0.05, 0) is 32.3 Å². The van der Waals surface area contributed by atoms with Crippen LogP contribution in [-0.4, -0.2) is 30.9 Å². The van der Waals surface area contributed by atoms with E-state index in [1.54, 1.807) is 13.8 Å². The van der Waals surface area contributed by atoms with Gasteiger partial charge in [0.25, 0.3) is 0 Å². The monoisotopic (exact) mass is 278 g/mol. The van der Waals surface area contributed by atoms with Crippen molar-refractivity contribution in [1.82, 2.24) is 0 Å². The molecule has 0 bridgehead atoms. The van der Waals surface area contributed by atoms with Crippen molar-refractivity contribution in [3.8, 4) is 0 Å². The SMILES string of the molecule is CCOC(=O)[C@]1(C)O[C@@H]1CCCOCc1ccccc1. The number of rotatable bonds is 8. The molecule has 1 fully saturated rings. The van der Waals surface area contributed by atoms with Crippen LogP contribution in [0, 0.1) is 0 Å². The van der Waals surface area contributed by atoms with Gasteiger partial charge < -0.3 is 14.2 Å². The second-order valence-electron chi connectivity index (χ2n) is 5.11. The zero-order valence-corrected chi connectivity index (χ0v) is 12.1. The summed E-state index contributed by atoms with van der Waals surface area (Å²) in [6, 6.07) is 10.1. The van der Waals surface area contributed by atoms with E-state index in [2.05, 4.69) is 0 Å². The Morgan fingerprint density at radius 1 is 1.35 bits per heavy atom. The minimum Gasteiger partial charge on any atom is -0.464 e. The van der Waals surface area contributed by atoms with Crippen LogP contribution >= 0.6 is 0 Å². The first-order chi connectivity index (χ1) is 9.66. The van der Waals surface area contributed by atoms with Crippen molar-refractivity contribution in [1.29, 1.82) is 0 Å². The van der Waals surface area contributed by atoms with Gasteiger partial charge in [0.1, 0.15) is 0 Å². The molecule has 1 aliphatic rings. The van der Waals surface area contributed by atoms with Gasteiger partial charge in [0.2, 0.25) is 0 Å². The Morgan fingerprint density at radius 2 is 2.10 bits per heavy atom. The lowest BCUT2D eigenvalue weighted by atomic mass is 10.0. The lowest BCUT2D eigenvalue weighted by Gasteiger charge is -2.06. The first-order valence-corrected chi connectivity index (χ1v) is 7.13. The number of ether oxygens (including phenoxy) is 3. The van der Waals surface area contributed by atoms with Crippen LogP contribution in [0.25, 0.3) is 0 Å². The Bertz CT molecular complexity index is 431. The third kappa shape index (κ3) is 3.81. The van der Waals surface area contributed by atoms with E-state index in [-0.39, 0.29) is 12.1 Å². The van der Waals surface area contributed by atoms with Crippen molar-refractivity contribution in [3.63, 3.8) is 0 Å². The molecule has 1 aliphatic heterocycles. The minimum absolute atomic E-state index is 0.0260. The number of esters is 1. The van der Waals surface area contributed by atoms with Crippen molar-refractivity contribution in [3.05, 3.63) is 35.9 Å². The standard InChI is InChI=1S/C16H22O4/c1-3-19-15(17)16(2)14(20-16)10-7-11-18-12-13-8-5-4-6-9-13/h4-6,8-9,14H,3,7,10-12H2,1-2H3/t14-,16-/m1/s1. The van der Waals surface area contributed by atoms with Crippen LogP contribution in [0.1, 0.15) is 32.3 Å². The molecule has 1 heterocycles. The van der Waals surface area contributed by atoms with Crippen LogP contribution in [-0.2, 0) is 25.6 Å². The number of benzene rings is 1. The van der Waals surface area contributed by atoms with E-state index >= 15 is 0 Å². The lowest BCUT2D eigenvalue weighted by molar-refractivity contribution is -0.148. The van der Waals surface area contributed by atoms with Gasteiger partial charge in [0, 0.05) is 6.61 Å². The largest absolute Gasteiger partial charge is 0.464 e. The molecule has 0 unspecified atom stereocenters. The molecular formula is C16H22O4. The molecule has 4 heteroatoms. The molecule has 110 valence electrons. The van der Waals surface area contributed by atoms with Crippen LogP contribution in [0.4, 0.5) is 0 Å². The summed E-state index contributed by atoms with van der Waals surface area (Å²) in [7, 11) is 0. The Kier molecular flexibility index (Phi) is 5.15. The molecular weight excluding hydrogens is 256 g/mol. The first-order valence-electron chi connectivity index (χ1n) is 7.13. The predicted octanol–water partition coefficient (Wildman–Crippen LogP) is 2.70. The van der Waals surface area contributed by atoms with Crippen molar-refractivity contribution >= 4 is 5.97 Å². The van der Waals surface area contributed by atoms with E-state index in [0.717, 1.165) is 12.8 Å². The molecule has 1 aromatic carbocycles. The maximum Gasteiger partial charge on any atom is 0.340 e. The van der Waals surface area contributed by atoms with E-state index in [4.69, 9.17) is 14.2 Å². The van der Waals surface area contributed by atoms with Crippen molar-refractivity contribution < 1.29 is 19.0 Å². The minimum atomic E-state index is -0.727. The maximum atomic E-state index is 11.6. The zero-order valence-electron chi connectivity index (χ0n) is 12.1. The molecule has 0 aromatic heterocycles. The van der Waals surface area contributed by atoms with Crippen LogP contribution < -0.4 is 0 Å². The van der Waals surface area contributed by atoms with Crippen LogP contribution in [0.3, 0.4) is 0 Å². The first kappa shape index (κ1) is 15.0. The number of hydrogen-bond acceptors (Lipinski definition) is 4. The molecule has 0 aliphatic carbocycles. The van der Waals surface area contributed by atoms with E-state index < -0.39 is 5.60 Å². The highest BCUT2D eigenvalue weighted by Crippen LogP contribution is 2.40. The molecule has 0 N–H and O–H groups in total. The second kappa shape index (κ2) is 6.86. The van der Waals surface area contributed by atoms with Gasteiger partial charge in [0.15, 0.2) is 5.60 Å². The number of carbonyl (C=O) groups excluding carboxylic acids is 1. The van der Waals surface area contributed by atoms with Gasteiger partial charge in [0.05, 0.1) is 19.3 Å². The van der Waals surface area contributed by atoms with Crippen molar-refractivity contribution in [2.24, 2.45) is 0 Å². The summed E-state index contributed by atoms with van der Waals surface area (Å²) < 4.78 is 16.0. The molecule has 1 aromatic rings. The molecule has 0 saturated carbocycles. The normalized spacial score (nSPS) is 24.4. The fraction of sp³-hybridized carbons (Fsp3) is 0.562. The smallest absolute Gasteiger partial charge is 0.340 e. The highest BCUT2D eigenvalue weighted by Gasteiger charge is 2.59. The van der Waals surface area contributed by atoms with Gasteiger partial charge >= 0.3 is 5.97 Å². The number of epoxide rings is 1. The van der Waals surface area contributed by atoms with Gasteiger partial charge in [-0.3, -0.25) is 0 Å². The Morgan fingerprint density at radius 3 is 2.80 bits per heavy atom. The van der Waals surface area contributed by atoms with Crippen LogP contribution in [0.5, 0.6) is 0 Å². The van der Waals surface area contributed by atoms with Gasteiger partial charge in [-0.25, -0.2) is 4.79 Å².